The lowest BCUT2D eigenvalue weighted by Gasteiger charge is -2.13. The van der Waals surface area contributed by atoms with Crippen LogP contribution in [0.3, 0.4) is 0 Å². The van der Waals surface area contributed by atoms with Crippen LogP contribution < -0.4 is 0 Å². The number of hydrogen-bond acceptors (Lipinski definition) is 4. The summed E-state index contributed by atoms with van der Waals surface area (Å²) in [6.45, 7) is 0. The van der Waals surface area contributed by atoms with Crippen molar-refractivity contribution >= 4 is 5.97 Å². The number of rotatable bonds is 3. The van der Waals surface area contributed by atoms with Gasteiger partial charge in [0.1, 0.15) is 0 Å². The Morgan fingerprint density at radius 3 is 2.45 bits per heavy atom. The lowest BCUT2D eigenvalue weighted by atomic mass is 10.1. The number of aliphatic hydroxyl groups is 2. The van der Waals surface area contributed by atoms with Gasteiger partial charge in [-0.05, 0) is 18.8 Å². The first kappa shape index (κ1) is 8.49. The van der Waals surface area contributed by atoms with Crippen molar-refractivity contribution in [3.05, 3.63) is 0 Å². The van der Waals surface area contributed by atoms with E-state index in [1.165, 1.54) is 7.11 Å². The molecule has 2 atom stereocenters. The van der Waals surface area contributed by atoms with E-state index in [-0.39, 0.29) is 5.92 Å². The second-order valence-corrected chi connectivity index (χ2v) is 2.80. The molecule has 64 valence electrons. The zero-order chi connectivity index (χ0) is 8.43. The molecule has 11 heavy (non-hydrogen) atoms. The van der Waals surface area contributed by atoms with Crippen LogP contribution >= 0.6 is 0 Å². The lowest BCUT2D eigenvalue weighted by Crippen LogP contribution is -2.36. The highest BCUT2D eigenvalue weighted by molar-refractivity contribution is 5.75. The summed E-state index contributed by atoms with van der Waals surface area (Å²) in [7, 11) is 1.19. The topological polar surface area (TPSA) is 66.8 Å². The Bertz CT molecular complexity index is 153. The monoisotopic (exact) mass is 160 g/mol. The fourth-order valence-corrected chi connectivity index (χ4v) is 0.956. The van der Waals surface area contributed by atoms with E-state index in [9.17, 15) is 9.90 Å². The molecule has 0 radical (unpaired) electrons. The van der Waals surface area contributed by atoms with Crippen LogP contribution in [0.1, 0.15) is 12.8 Å². The van der Waals surface area contributed by atoms with Crippen LogP contribution in [-0.4, -0.2) is 35.5 Å². The highest BCUT2D eigenvalue weighted by atomic mass is 16.5. The number of esters is 1. The summed E-state index contributed by atoms with van der Waals surface area (Å²) in [6, 6.07) is 0. The summed E-state index contributed by atoms with van der Waals surface area (Å²) >= 11 is 0. The van der Waals surface area contributed by atoms with Gasteiger partial charge in [0, 0.05) is 0 Å². The summed E-state index contributed by atoms with van der Waals surface area (Å²) < 4.78 is 4.26. The molecule has 4 heteroatoms. The van der Waals surface area contributed by atoms with E-state index >= 15 is 0 Å². The van der Waals surface area contributed by atoms with Gasteiger partial charge in [0.2, 0.25) is 0 Å². The van der Waals surface area contributed by atoms with Crippen molar-refractivity contribution in [3.63, 3.8) is 0 Å². The Morgan fingerprint density at radius 2 is 2.09 bits per heavy atom. The van der Waals surface area contributed by atoms with Gasteiger partial charge < -0.3 is 14.9 Å². The molecule has 4 nitrogen and oxygen atoms in total. The number of aliphatic hydroxyl groups excluding tert-OH is 2. The second kappa shape index (κ2) is 3.19. The number of ether oxygens (including phenoxy) is 1. The zero-order valence-corrected chi connectivity index (χ0v) is 6.36. The smallest absolute Gasteiger partial charge is 0.337 e. The largest absolute Gasteiger partial charge is 0.467 e. The summed E-state index contributed by atoms with van der Waals surface area (Å²) in [4.78, 5) is 10.7. The molecule has 2 unspecified atom stereocenters. The van der Waals surface area contributed by atoms with Gasteiger partial charge >= 0.3 is 5.97 Å². The average Bonchev–Trinajstić information content (AvgIpc) is 2.82. The number of carbonyl (C=O) groups is 1. The second-order valence-electron chi connectivity index (χ2n) is 2.80. The maximum Gasteiger partial charge on any atom is 0.337 e. The first-order valence-electron chi connectivity index (χ1n) is 3.60. The predicted molar refractivity (Wildman–Crippen MR) is 36.8 cm³/mol. The first-order chi connectivity index (χ1) is 5.16. The van der Waals surface area contributed by atoms with Gasteiger partial charge in [0.05, 0.1) is 13.2 Å². The maximum absolute atomic E-state index is 10.7. The third kappa shape index (κ3) is 1.91. The molecule has 0 amide bonds. The molecule has 1 aliphatic rings. The van der Waals surface area contributed by atoms with E-state index in [2.05, 4.69) is 4.74 Å². The van der Waals surface area contributed by atoms with Crippen molar-refractivity contribution in [1.29, 1.82) is 0 Å². The van der Waals surface area contributed by atoms with Crippen LogP contribution in [0.2, 0.25) is 0 Å². The SMILES string of the molecule is COC(=O)C(O)C(O)C1CC1. The van der Waals surface area contributed by atoms with Gasteiger partial charge in [-0.3, -0.25) is 0 Å². The Hall–Kier alpha value is -0.610. The molecule has 0 aliphatic heterocycles. The van der Waals surface area contributed by atoms with Gasteiger partial charge in [0.25, 0.3) is 0 Å². The molecule has 1 rings (SSSR count). The molecule has 2 N–H and O–H groups in total. The highest BCUT2D eigenvalue weighted by Crippen LogP contribution is 2.34. The average molecular weight is 160 g/mol. The molecule has 0 heterocycles. The highest BCUT2D eigenvalue weighted by Gasteiger charge is 2.38. The van der Waals surface area contributed by atoms with Crippen LogP contribution in [0.25, 0.3) is 0 Å². The van der Waals surface area contributed by atoms with E-state index < -0.39 is 18.2 Å². The van der Waals surface area contributed by atoms with Gasteiger partial charge in [-0.2, -0.15) is 0 Å². The fourth-order valence-electron chi connectivity index (χ4n) is 0.956. The summed E-state index contributed by atoms with van der Waals surface area (Å²) in [6.07, 6.45) is -0.542. The third-order valence-corrected chi connectivity index (χ3v) is 1.87. The van der Waals surface area contributed by atoms with Crippen molar-refractivity contribution in [2.75, 3.05) is 7.11 Å². The van der Waals surface area contributed by atoms with Crippen molar-refractivity contribution < 1.29 is 19.7 Å². The molecule has 0 aromatic heterocycles. The minimum Gasteiger partial charge on any atom is -0.467 e. The molecule has 1 saturated carbocycles. The van der Waals surface area contributed by atoms with Crippen LogP contribution in [0.5, 0.6) is 0 Å². The van der Waals surface area contributed by atoms with Gasteiger partial charge in [-0.1, -0.05) is 0 Å². The summed E-state index contributed by atoms with van der Waals surface area (Å²) in [5.74, 6) is -0.673. The Morgan fingerprint density at radius 1 is 1.55 bits per heavy atom. The number of methoxy groups -OCH3 is 1. The number of carbonyl (C=O) groups excluding carboxylic acids is 1. The summed E-state index contributed by atoms with van der Waals surface area (Å²) in [5, 5.41) is 18.3. The standard InChI is InChI=1S/C7H12O4/c1-11-7(10)6(9)5(8)4-2-3-4/h4-6,8-9H,2-3H2,1H3. The van der Waals surface area contributed by atoms with Crippen molar-refractivity contribution in [1.82, 2.24) is 0 Å². The molecule has 0 bridgehead atoms. The van der Waals surface area contributed by atoms with Crippen LogP contribution in [0.4, 0.5) is 0 Å². The Kier molecular flexibility index (Phi) is 2.46. The van der Waals surface area contributed by atoms with Crippen LogP contribution in [0.15, 0.2) is 0 Å². The fraction of sp³-hybridized carbons (Fsp3) is 0.857. The van der Waals surface area contributed by atoms with Crippen molar-refractivity contribution in [2.24, 2.45) is 5.92 Å². The Balaban J connectivity index is 2.38. The molecular weight excluding hydrogens is 148 g/mol. The van der Waals surface area contributed by atoms with Gasteiger partial charge in [-0.25, -0.2) is 4.79 Å². The van der Waals surface area contributed by atoms with Gasteiger partial charge in [-0.15, -0.1) is 0 Å². The lowest BCUT2D eigenvalue weighted by molar-refractivity contribution is -0.157. The molecular formula is C7H12O4. The predicted octanol–water partition coefficient (Wildman–Crippen LogP) is -0.709. The van der Waals surface area contributed by atoms with Crippen LogP contribution in [-0.2, 0) is 9.53 Å². The Labute approximate surface area is 64.8 Å². The first-order valence-corrected chi connectivity index (χ1v) is 3.60. The van der Waals surface area contributed by atoms with Gasteiger partial charge in [0.15, 0.2) is 6.10 Å². The van der Waals surface area contributed by atoms with Crippen molar-refractivity contribution in [2.45, 2.75) is 25.0 Å². The van der Waals surface area contributed by atoms with Crippen molar-refractivity contribution in [3.8, 4) is 0 Å². The molecule has 1 aliphatic carbocycles. The molecule has 1 fully saturated rings. The minimum absolute atomic E-state index is 0.0871. The molecule has 0 aromatic carbocycles. The molecule has 0 spiro atoms. The quantitative estimate of drug-likeness (QED) is 0.535. The van der Waals surface area contributed by atoms with Crippen LogP contribution in [0, 0.1) is 5.92 Å². The zero-order valence-electron chi connectivity index (χ0n) is 6.36. The van der Waals surface area contributed by atoms with E-state index in [1.54, 1.807) is 0 Å². The summed E-state index contributed by atoms with van der Waals surface area (Å²) in [5.41, 5.74) is 0. The number of hydrogen-bond donors (Lipinski definition) is 2. The van der Waals surface area contributed by atoms with E-state index in [1.807, 2.05) is 0 Å². The van der Waals surface area contributed by atoms with E-state index in [0.29, 0.717) is 0 Å². The minimum atomic E-state index is -1.37. The normalized spacial score (nSPS) is 22.5. The molecule has 0 aromatic rings. The third-order valence-electron chi connectivity index (χ3n) is 1.87. The maximum atomic E-state index is 10.7. The van der Waals surface area contributed by atoms with E-state index in [4.69, 9.17) is 5.11 Å². The molecule has 0 saturated heterocycles. The van der Waals surface area contributed by atoms with E-state index in [0.717, 1.165) is 12.8 Å².